The molecule has 1 rings (SSSR count). The summed E-state index contributed by atoms with van der Waals surface area (Å²) in [7, 11) is 0. The van der Waals surface area contributed by atoms with Crippen LogP contribution in [-0.2, 0) is 4.79 Å². The Morgan fingerprint density at radius 1 is 1.67 bits per heavy atom. The standard InChI is InChI=1S/C10H20BNO3/c1-10(9(13)14)8(5-7-12-10)4-3-6-11(2)15/h8,12,15H,3-7H2,1-2H3,(H,13,14). The normalized spacial score (nSPS) is 30.5. The molecule has 1 aliphatic rings. The zero-order chi connectivity index (χ0) is 11.5. The molecule has 0 aromatic carbocycles. The fourth-order valence-corrected chi connectivity index (χ4v) is 2.28. The molecule has 1 heterocycles. The van der Waals surface area contributed by atoms with Gasteiger partial charge in [0.1, 0.15) is 5.54 Å². The minimum atomic E-state index is -0.765. The van der Waals surface area contributed by atoms with Gasteiger partial charge in [0.2, 0.25) is 0 Å². The minimum absolute atomic E-state index is 0.189. The van der Waals surface area contributed by atoms with E-state index in [9.17, 15) is 4.79 Å². The Hall–Kier alpha value is -0.545. The van der Waals surface area contributed by atoms with Crippen LogP contribution in [0.2, 0.25) is 13.1 Å². The van der Waals surface area contributed by atoms with Crippen LogP contribution in [0.1, 0.15) is 26.2 Å². The maximum Gasteiger partial charge on any atom is 0.323 e. The van der Waals surface area contributed by atoms with Crippen molar-refractivity contribution in [1.29, 1.82) is 0 Å². The van der Waals surface area contributed by atoms with Gasteiger partial charge in [0.05, 0.1) is 0 Å². The number of nitrogens with one attached hydrogen (secondary N) is 1. The van der Waals surface area contributed by atoms with Gasteiger partial charge in [-0.25, -0.2) is 0 Å². The van der Waals surface area contributed by atoms with Crippen LogP contribution in [-0.4, -0.2) is 35.1 Å². The van der Waals surface area contributed by atoms with E-state index in [0.717, 1.165) is 32.1 Å². The van der Waals surface area contributed by atoms with Gasteiger partial charge >= 0.3 is 5.97 Å². The van der Waals surface area contributed by atoms with Crippen molar-refractivity contribution in [3.63, 3.8) is 0 Å². The zero-order valence-corrected chi connectivity index (χ0v) is 9.49. The Morgan fingerprint density at radius 2 is 2.33 bits per heavy atom. The number of carboxylic acid groups (broad SMARTS) is 1. The van der Waals surface area contributed by atoms with Gasteiger partial charge in [-0.05, 0) is 38.5 Å². The summed E-state index contributed by atoms with van der Waals surface area (Å²) in [6, 6.07) is 0. The summed E-state index contributed by atoms with van der Waals surface area (Å²) in [5, 5.41) is 21.3. The van der Waals surface area contributed by atoms with Crippen LogP contribution in [0.25, 0.3) is 0 Å². The van der Waals surface area contributed by atoms with Crippen LogP contribution in [0, 0.1) is 5.92 Å². The highest BCUT2D eigenvalue weighted by molar-refractivity contribution is 6.48. The maximum absolute atomic E-state index is 11.1. The maximum atomic E-state index is 11.1. The Labute approximate surface area is 91.2 Å². The first-order valence-corrected chi connectivity index (χ1v) is 5.63. The molecule has 3 N–H and O–H groups in total. The molecule has 1 saturated heterocycles. The molecule has 86 valence electrons. The molecule has 4 nitrogen and oxygen atoms in total. The van der Waals surface area contributed by atoms with Crippen LogP contribution < -0.4 is 5.32 Å². The predicted molar refractivity (Wildman–Crippen MR) is 60.0 cm³/mol. The molecule has 0 aromatic rings. The van der Waals surface area contributed by atoms with E-state index in [1.807, 2.05) is 0 Å². The molecule has 15 heavy (non-hydrogen) atoms. The molecular weight excluding hydrogens is 193 g/mol. The van der Waals surface area contributed by atoms with Crippen molar-refractivity contribution in [3.8, 4) is 0 Å². The molecule has 0 aromatic heterocycles. The number of hydrogen-bond donors (Lipinski definition) is 3. The Balaban J connectivity index is 2.43. The third-order valence-electron chi connectivity index (χ3n) is 3.42. The van der Waals surface area contributed by atoms with E-state index in [2.05, 4.69) is 5.32 Å². The summed E-state index contributed by atoms with van der Waals surface area (Å²) in [5.74, 6) is -0.573. The number of carboxylic acids is 1. The average molecular weight is 213 g/mol. The lowest BCUT2D eigenvalue weighted by molar-refractivity contribution is -0.145. The molecule has 0 amide bonds. The summed E-state index contributed by atoms with van der Waals surface area (Å²) in [6.07, 6.45) is 3.45. The lowest BCUT2D eigenvalue weighted by Gasteiger charge is -2.27. The van der Waals surface area contributed by atoms with Crippen LogP contribution in [0.4, 0.5) is 0 Å². The Kier molecular flexibility index (Phi) is 4.17. The first-order chi connectivity index (χ1) is 6.97. The van der Waals surface area contributed by atoms with E-state index in [4.69, 9.17) is 10.1 Å². The van der Waals surface area contributed by atoms with Crippen LogP contribution in [0.5, 0.6) is 0 Å². The third kappa shape index (κ3) is 2.95. The molecule has 0 bridgehead atoms. The van der Waals surface area contributed by atoms with Crippen molar-refractivity contribution in [2.24, 2.45) is 5.92 Å². The van der Waals surface area contributed by atoms with Gasteiger partial charge < -0.3 is 15.4 Å². The monoisotopic (exact) mass is 213 g/mol. The first kappa shape index (κ1) is 12.5. The first-order valence-electron chi connectivity index (χ1n) is 5.63. The lowest BCUT2D eigenvalue weighted by Crippen LogP contribution is -2.49. The van der Waals surface area contributed by atoms with Crippen molar-refractivity contribution >= 4 is 12.9 Å². The average Bonchev–Trinajstić information content (AvgIpc) is 2.49. The smallest absolute Gasteiger partial charge is 0.323 e. The summed E-state index contributed by atoms with van der Waals surface area (Å²) >= 11 is 0. The largest absolute Gasteiger partial charge is 0.480 e. The Bertz CT molecular complexity index is 235. The molecule has 1 fully saturated rings. The highest BCUT2D eigenvalue weighted by Crippen LogP contribution is 2.31. The highest BCUT2D eigenvalue weighted by atomic mass is 16.4. The lowest BCUT2D eigenvalue weighted by atomic mass is 9.66. The second-order valence-electron chi connectivity index (χ2n) is 4.70. The molecule has 2 atom stereocenters. The van der Waals surface area contributed by atoms with E-state index >= 15 is 0 Å². The fourth-order valence-electron chi connectivity index (χ4n) is 2.28. The van der Waals surface area contributed by atoms with Gasteiger partial charge in [-0.1, -0.05) is 13.2 Å². The predicted octanol–water partition coefficient (Wildman–Crippen LogP) is 0.833. The van der Waals surface area contributed by atoms with Gasteiger partial charge in [-0.2, -0.15) is 0 Å². The minimum Gasteiger partial charge on any atom is -0.480 e. The molecule has 0 saturated carbocycles. The van der Waals surface area contributed by atoms with E-state index in [1.54, 1.807) is 13.7 Å². The van der Waals surface area contributed by atoms with E-state index in [-0.39, 0.29) is 12.8 Å². The number of rotatable bonds is 5. The summed E-state index contributed by atoms with van der Waals surface area (Å²) in [5.41, 5.74) is -0.765. The SMILES string of the molecule is CB(O)CCCC1CCNC1(C)C(=O)O. The summed E-state index contributed by atoms with van der Waals surface area (Å²) in [4.78, 5) is 11.1. The molecule has 0 radical (unpaired) electrons. The third-order valence-corrected chi connectivity index (χ3v) is 3.42. The van der Waals surface area contributed by atoms with Crippen LogP contribution >= 0.6 is 0 Å². The van der Waals surface area contributed by atoms with Crippen molar-refractivity contribution in [2.75, 3.05) is 6.54 Å². The van der Waals surface area contributed by atoms with Crippen molar-refractivity contribution in [2.45, 2.75) is 44.9 Å². The second-order valence-corrected chi connectivity index (χ2v) is 4.70. The van der Waals surface area contributed by atoms with Gasteiger partial charge in [-0.15, -0.1) is 0 Å². The summed E-state index contributed by atoms with van der Waals surface area (Å²) in [6.45, 7) is 4.02. The number of aliphatic carboxylic acids is 1. The Morgan fingerprint density at radius 3 is 2.87 bits per heavy atom. The van der Waals surface area contributed by atoms with E-state index < -0.39 is 11.5 Å². The van der Waals surface area contributed by atoms with Gasteiger partial charge in [0.25, 0.3) is 6.92 Å². The second kappa shape index (κ2) is 4.99. The molecular formula is C10H20BNO3. The molecule has 1 aliphatic heterocycles. The van der Waals surface area contributed by atoms with E-state index in [0.29, 0.717) is 0 Å². The van der Waals surface area contributed by atoms with Gasteiger partial charge in [-0.3, -0.25) is 4.79 Å². The van der Waals surface area contributed by atoms with Gasteiger partial charge in [0, 0.05) is 0 Å². The molecule has 2 unspecified atom stereocenters. The topological polar surface area (TPSA) is 69.6 Å². The summed E-state index contributed by atoms with van der Waals surface area (Å²) < 4.78 is 0. The van der Waals surface area contributed by atoms with Crippen LogP contribution in [0.15, 0.2) is 0 Å². The molecule has 0 aliphatic carbocycles. The van der Waals surface area contributed by atoms with Crippen LogP contribution in [0.3, 0.4) is 0 Å². The quantitative estimate of drug-likeness (QED) is 0.591. The fraction of sp³-hybridized carbons (Fsp3) is 0.900. The van der Waals surface area contributed by atoms with Crippen molar-refractivity contribution in [1.82, 2.24) is 5.32 Å². The van der Waals surface area contributed by atoms with Crippen molar-refractivity contribution < 1.29 is 14.9 Å². The molecule has 5 heteroatoms. The van der Waals surface area contributed by atoms with E-state index in [1.165, 1.54) is 0 Å². The molecule has 0 spiro atoms. The highest BCUT2D eigenvalue weighted by Gasteiger charge is 2.44. The van der Waals surface area contributed by atoms with Crippen molar-refractivity contribution in [3.05, 3.63) is 0 Å². The van der Waals surface area contributed by atoms with Gasteiger partial charge in [0.15, 0.2) is 0 Å². The number of hydrogen-bond acceptors (Lipinski definition) is 3. The zero-order valence-electron chi connectivity index (χ0n) is 9.49. The number of carbonyl (C=O) groups is 1.